The average Bonchev–Trinajstić information content (AvgIpc) is 3.62. The normalized spacial score (nSPS) is 18.9. The van der Waals surface area contributed by atoms with Gasteiger partial charge in [0.05, 0.1) is 18.7 Å². The number of benzene rings is 3. The van der Waals surface area contributed by atoms with Crippen LogP contribution in [0.15, 0.2) is 60.7 Å². The highest BCUT2D eigenvalue weighted by molar-refractivity contribution is 6.05. The number of rotatable bonds is 7. The number of ether oxygens (including phenoxy) is 1. The van der Waals surface area contributed by atoms with Crippen molar-refractivity contribution in [3.63, 3.8) is 0 Å². The van der Waals surface area contributed by atoms with Crippen LogP contribution in [0.25, 0.3) is 10.8 Å². The summed E-state index contributed by atoms with van der Waals surface area (Å²) in [6, 6.07) is 18.4. The van der Waals surface area contributed by atoms with Crippen molar-refractivity contribution in [2.45, 2.75) is 37.8 Å². The molecule has 0 aromatic heterocycles. The number of carbonyl (C=O) groups excluding carboxylic acids is 2. The third-order valence-electron chi connectivity index (χ3n) is 7.48. The zero-order valence-electron chi connectivity index (χ0n) is 20.7. The monoisotopic (exact) mass is 487 g/mol. The highest BCUT2D eigenvalue weighted by atomic mass is 16.5. The molecular weight excluding hydrogens is 454 g/mol. The van der Waals surface area contributed by atoms with Crippen LogP contribution in [0.4, 0.5) is 0 Å². The van der Waals surface area contributed by atoms with Gasteiger partial charge in [0.1, 0.15) is 17.5 Å². The minimum atomic E-state index is -0.548. The maximum atomic E-state index is 13.4. The molecule has 0 bridgehead atoms. The molecule has 2 heterocycles. The third-order valence-corrected chi connectivity index (χ3v) is 7.48. The van der Waals surface area contributed by atoms with E-state index in [9.17, 15) is 14.7 Å². The molecule has 3 aromatic carbocycles. The van der Waals surface area contributed by atoms with Gasteiger partial charge in [0, 0.05) is 18.5 Å². The fourth-order valence-electron chi connectivity index (χ4n) is 5.54. The average molecular weight is 488 g/mol. The van der Waals surface area contributed by atoms with E-state index in [1.54, 1.807) is 24.1 Å². The minimum Gasteiger partial charge on any atom is -0.506 e. The Balaban J connectivity index is 1.31. The number of fused-ring (bicyclic) bond motifs is 1. The topological polar surface area (TPSA) is 82.1 Å². The van der Waals surface area contributed by atoms with Gasteiger partial charge in [-0.3, -0.25) is 14.5 Å². The Morgan fingerprint density at radius 2 is 1.83 bits per heavy atom. The first kappa shape index (κ1) is 24.1. The van der Waals surface area contributed by atoms with Crippen LogP contribution in [0.3, 0.4) is 0 Å². The zero-order valence-corrected chi connectivity index (χ0v) is 20.7. The van der Waals surface area contributed by atoms with Crippen LogP contribution in [-0.4, -0.2) is 66.1 Å². The van der Waals surface area contributed by atoms with E-state index >= 15 is 0 Å². The van der Waals surface area contributed by atoms with Gasteiger partial charge in [0.15, 0.2) is 0 Å². The van der Waals surface area contributed by atoms with E-state index in [-0.39, 0.29) is 29.2 Å². The molecule has 2 saturated heterocycles. The van der Waals surface area contributed by atoms with Gasteiger partial charge >= 0.3 is 0 Å². The number of methoxy groups -OCH3 is 1. The fraction of sp³-hybridized carbons (Fsp3) is 0.379. The van der Waals surface area contributed by atoms with E-state index in [0.29, 0.717) is 24.9 Å². The van der Waals surface area contributed by atoms with Crippen molar-refractivity contribution in [2.75, 3.05) is 33.3 Å². The summed E-state index contributed by atoms with van der Waals surface area (Å²) in [5.41, 5.74) is 1.34. The number of nitrogens with zero attached hydrogens (tertiary/aromatic N) is 2. The third kappa shape index (κ3) is 4.75. The van der Waals surface area contributed by atoms with Gasteiger partial charge in [-0.2, -0.15) is 0 Å². The number of phenols is 1. The van der Waals surface area contributed by atoms with Crippen molar-refractivity contribution in [1.29, 1.82) is 0 Å². The summed E-state index contributed by atoms with van der Waals surface area (Å²) >= 11 is 0. The number of carbonyl (C=O) groups is 2. The van der Waals surface area contributed by atoms with Gasteiger partial charge < -0.3 is 20.1 Å². The smallest absolute Gasteiger partial charge is 0.258 e. The fourth-order valence-corrected chi connectivity index (χ4v) is 5.54. The van der Waals surface area contributed by atoms with Crippen LogP contribution in [0.1, 0.15) is 47.6 Å². The van der Waals surface area contributed by atoms with Crippen LogP contribution in [0.2, 0.25) is 0 Å². The Morgan fingerprint density at radius 1 is 1.03 bits per heavy atom. The van der Waals surface area contributed by atoms with Crippen LogP contribution in [-0.2, 0) is 4.79 Å². The number of amides is 2. The van der Waals surface area contributed by atoms with Crippen molar-refractivity contribution < 1.29 is 19.4 Å². The number of phenolic OH excluding ortho intramolecular Hbond substituents is 1. The van der Waals surface area contributed by atoms with Gasteiger partial charge in [0.2, 0.25) is 5.91 Å². The maximum absolute atomic E-state index is 13.4. The Kier molecular flexibility index (Phi) is 7.09. The largest absolute Gasteiger partial charge is 0.506 e. The van der Waals surface area contributed by atoms with Crippen molar-refractivity contribution in [3.05, 3.63) is 71.8 Å². The lowest BCUT2D eigenvalue weighted by Gasteiger charge is -2.30. The maximum Gasteiger partial charge on any atom is 0.258 e. The molecule has 0 aliphatic carbocycles. The second-order valence-corrected chi connectivity index (χ2v) is 9.62. The molecule has 7 heteroatoms. The van der Waals surface area contributed by atoms with E-state index in [1.807, 2.05) is 42.5 Å². The molecule has 5 rings (SSSR count). The molecule has 7 nitrogen and oxygen atoms in total. The van der Waals surface area contributed by atoms with Gasteiger partial charge in [-0.15, -0.1) is 0 Å². The second-order valence-electron chi connectivity index (χ2n) is 9.62. The second kappa shape index (κ2) is 10.6. The highest BCUT2D eigenvalue weighted by Gasteiger charge is 2.36. The quantitative estimate of drug-likeness (QED) is 0.524. The minimum absolute atomic E-state index is 0.0312. The van der Waals surface area contributed by atoms with Gasteiger partial charge in [-0.25, -0.2) is 0 Å². The first-order valence-electron chi connectivity index (χ1n) is 12.7. The number of hydrogen-bond donors (Lipinski definition) is 2. The Morgan fingerprint density at radius 3 is 2.64 bits per heavy atom. The highest BCUT2D eigenvalue weighted by Crippen LogP contribution is 2.32. The summed E-state index contributed by atoms with van der Waals surface area (Å²) in [6.07, 6.45) is 3.66. The molecule has 2 unspecified atom stereocenters. The zero-order chi connectivity index (χ0) is 25.1. The number of aromatic hydroxyl groups is 1. The van der Waals surface area contributed by atoms with Gasteiger partial charge in [0.25, 0.3) is 5.91 Å². The molecule has 2 aliphatic heterocycles. The predicted octanol–water partition coefficient (Wildman–Crippen LogP) is 4.11. The van der Waals surface area contributed by atoms with Gasteiger partial charge in [-0.05, 0) is 67.9 Å². The van der Waals surface area contributed by atoms with E-state index in [0.717, 1.165) is 49.1 Å². The summed E-state index contributed by atoms with van der Waals surface area (Å²) in [4.78, 5) is 30.8. The van der Waals surface area contributed by atoms with Crippen molar-refractivity contribution in [1.82, 2.24) is 15.1 Å². The molecule has 188 valence electrons. The molecule has 2 fully saturated rings. The predicted molar refractivity (Wildman–Crippen MR) is 139 cm³/mol. The standard InChI is InChI=1S/C29H33N3O4/c1-36-22-10-6-9-21(18-22)26(31-15-4-5-16-31)19-30-28(34)25-12-7-17-32(25)29(35)24-14-13-20-8-2-3-11-23(20)27(24)33/h2-3,6,8-11,13-14,18,25-26,33H,4-5,7,12,15-17,19H2,1H3,(H,30,34). The molecule has 2 aliphatic rings. The molecule has 3 aromatic rings. The molecule has 2 atom stereocenters. The lowest BCUT2D eigenvalue weighted by atomic mass is 10.0. The summed E-state index contributed by atoms with van der Waals surface area (Å²) in [5.74, 6) is 0.315. The first-order chi connectivity index (χ1) is 17.6. The first-order valence-corrected chi connectivity index (χ1v) is 12.7. The Bertz CT molecular complexity index is 1250. The number of nitrogens with one attached hydrogen (secondary N) is 1. The van der Waals surface area contributed by atoms with Crippen molar-refractivity contribution in [2.24, 2.45) is 0 Å². The van der Waals surface area contributed by atoms with E-state index in [1.165, 1.54) is 0 Å². The Hall–Kier alpha value is -3.58. The van der Waals surface area contributed by atoms with E-state index in [2.05, 4.69) is 16.3 Å². The molecule has 36 heavy (non-hydrogen) atoms. The number of hydrogen-bond acceptors (Lipinski definition) is 5. The summed E-state index contributed by atoms with van der Waals surface area (Å²) in [7, 11) is 1.66. The van der Waals surface area contributed by atoms with Crippen LogP contribution in [0, 0.1) is 0 Å². The molecule has 0 saturated carbocycles. The van der Waals surface area contributed by atoms with E-state index < -0.39 is 6.04 Å². The van der Waals surface area contributed by atoms with Crippen LogP contribution in [0.5, 0.6) is 11.5 Å². The van der Waals surface area contributed by atoms with Crippen molar-refractivity contribution >= 4 is 22.6 Å². The van der Waals surface area contributed by atoms with E-state index in [4.69, 9.17) is 4.74 Å². The molecular formula is C29H33N3O4. The molecule has 2 amide bonds. The summed E-state index contributed by atoms with van der Waals surface area (Å²) in [5, 5.41) is 15.5. The summed E-state index contributed by atoms with van der Waals surface area (Å²) in [6.45, 7) is 2.94. The summed E-state index contributed by atoms with van der Waals surface area (Å²) < 4.78 is 5.42. The molecule has 0 spiro atoms. The lowest BCUT2D eigenvalue weighted by molar-refractivity contribution is -0.125. The number of likely N-dealkylation sites (tertiary alicyclic amines) is 2. The van der Waals surface area contributed by atoms with Crippen molar-refractivity contribution in [3.8, 4) is 11.5 Å². The van der Waals surface area contributed by atoms with Crippen LogP contribution >= 0.6 is 0 Å². The molecule has 2 N–H and O–H groups in total. The Labute approximate surface area is 211 Å². The lowest BCUT2D eigenvalue weighted by Crippen LogP contribution is -2.48. The molecule has 0 radical (unpaired) electrons. The van der Waals surface area contributed by atoms with Gasteiger partial charge in [-0.1, -0.05) is 42.5 Å². The van der Waals surface area contributed by atoms with Crippen LogP contribution < -0.4 is 10.1 Å². The SMILES string of the molecule is COc1cccc(C(CNC(=O)C2CCCN2C(=O)c2ccc3ccccc3c2O)N2CCCC2)c1.